The summed E-state index contributed by atoms with van der Waals surface area (Å²) in [6.45, 7) is 0.677. The first-order valence-electron chi connectivity index (χ1n) is 9.82. The van der Waals surface area contributed by atoms with Gasteiger partial charge in [0.1, 0.15) is 0 Å². The van der Waals surface area contributed by atoms with Gasteiger partial charge in [-0.1, -0.05) is 24.3 Å². The second-order valence-corrected chi connectivity index (χ2v) is 8.83. The average molecular weight is 436 g/mol. The highest BCUT2D eigenvalue weighted by Crippen LogP contribution is 2.25. The second kappa shape index (κ2) is 8.61. The molecule has 4 rings (SSSR count). The molecule has 0 aliphatic carbocycles. The monoisotopic (exact) mass is 435 g/mol. The zero-order valence-electron chi connectivity index (χ0n) is 16.6. The molecular formula is C23H21N3O4S. The molecular weight excluding hydrogens is 414 g/mol. The van der Waals surface area contributed by atoms with Crippen LogP contribution in [0.5, 0.6) is 0 Å². The van der Waals surface area contributed by atoms with E-state index in [4.69, 9.17) is 0 Å². The zero-order chi connectivity index (χ0) is 21.8. The van der Waals surface area contributed by atoms with Crippen LogP contribution < -0.4 is 14.9 Å². The number of benzene rings is 3. The lowest BCUT2D eigenvalue weighted by molar-refractivity contribution is -0.117. The summed E-state index contributed by atoms with van der Waals surface area (Å²) in [6.07, 6.45) is 1.37. The average Bonchev–Trinajstić information content (AvgIpc) is 3.21. The number of carbonyl (C=O) groups excluding carboxylic acids is 2. The molecule has 0 spiro atoms. The lowest BCUT2D eigenvalue weighted by Crippen LogP contribution is -2.23. The predicted molar refractivity (Wildman–Crippen MR) is 120 cm³/mol. The number of carbonyl (C=O) groups is 2. The summed E-state index contributed by atoms with van der Waals surface area (Å²) >= 11 is 0. The van der Waals surface area contributed by atoms with Gasteiger partial charge in [-0.15, -0.1) is 0 Å². The molecule has 1 fully saturated rings. The Labute approximate surface area is 180 Å². The molecule has 0 radical (unpaired) electrons. The van der Waals surface area contributed by atoms with Gasteiger partial charge in [-0.2, -0.15) is 0 Å². The SMILES string of the molecule is O=C(Nc1cccc(N2CCCC2=O)c1)c1ccc(NS(=O)(=O)c2ccccc2)cc1. The number of anilines is 3. The molecule has 1 saturated heterocycles. The molecule has 31 heavy (non-hydrogen) atoms. The van der Waals surface area contributed by atoms with E-state index in [0.29, 0.717) is 29.9 Å². The Morgan fingerprint density at radius 3 is 2.29 bits per heavy atom. The maximum atomic E-state index is 12.6. The van der Waals surface area contributed by atoms with Crippen molar-refractivity contribution in [3.05, 3.63) is 84.4 Å². The molecule has 1 aliphatic heterocycles. The van der Waals surface area contributed by atoms with Crippen LogP contribution >= 0.6 is 0 Å². The van der Waals surface area contributed by atoms with E-state index in [1.54, 1.807) is 53.4 Å². The van der Waals surface area contributed by atoms with Crippen molar-refractivity contribution >= 4 is 38.9 Å². The quantitative estimate of drug-likeness (QED) is 0.614. The zero-order valence-corrected chi connectivity index (χ0v) is 17.4. The fourth-order valence-electron chi connectivity index (χ4n) is 3.38. The van der Waals surface area contributed by atoms with E-state index in [1.165, 1.54) is 24.3 Å². The van der Waals surface area contributed by atoms with Gasteiger partial charge in [0.05, 0.1) is 4.90 Å². The van der Waals surface area contributed by atoms with Crippen molar-refractivity contribution in [3.63, 3.8) is 0 Å². The Hall–Kier alpha value is -3.65. The molecule has 1 heterocycles. The van der Waals surface area contributed by atoms with E-state index >= 15 is 0 Å². The molecule has 1 aliphatic rings. The highest BCUT2D eigenvalue weighted by atomic mass is 32.2. The molecule has 3 aromatic carbocycles. The van der Waals surface area contributed by atoms with Gasteiger partial charge in [0, 0.05) is 35.6 Å². The van der Waals surface area contributed by atoms with E-state index < -0.39 is 10.0 Å². The predicted octanol–water partition coefficient (Wildman–Crippen LogP) is 3.87. The number of sulfonamides is 1. The van der Waals surface area contributed by atoms with Crippen molar-refractivity contribution in [1.29, 1.82) is 0 Å². The third kappa shape index (κ3) is 4.75. The van der Waals surface area contributed by atoms with Crippen LogP contribution in [0.25, 0.3) is 0 Å². The van der Waals surface area contributed by atoms with Crippen LogP contribution in [0.3, 0.4) is 0 Å². The fourth-order valence-corrected chi connectivity index (χ4v) is 4.46. The van der Waals surface area contributed by atoms with Gasteiger partial charge in [-0.3, -0.25) is 14.3 Å². The molecule has 3 aromatic rings. The van der Waals surface area contributed by atoms with Crippen molar-refractivity contribution in [2.75, 3.05) is 21.5 Å². The molecule has 2 N–H and O–H groups in total. The van der Waals surface area contributed by atoms with Crippen LogP contribution in [0.1, 0.15) is 23.2 Å². The molecule has 0 aromatic heterocycles. The summed E-state index contributed by atoms with van der Waals surface area (Å²) in [5.74, 6) is -0.251. The number of amides is 2. The van der Waals surface area contributed by atoms with E-state index in [2.05, 4.69) is 10.0 Å². The first kappa shape index (κ1) is 20.6. The topological polar surface area (TPSA) is 95.6 Å². The molecule has 158 valence electrons. The molecule has 0 saturated carbocycles. The van der Waals surface area contributed by atoms with Gasteiger partial charge in [-0.25, -0.2) is 8.42 Å². The van der Waals surface area contributed by atoms with Crippen molar-refractivity contribution in [2.24, 2.45) is 0 Å². The number of hydrogen-bond acceptors (Lipinski definition) is 4. The molecule has 8 heteroatoms. The normalized spacial score (nSPS) is 13.8. The van der Waals surface area contributed by atoms with Crippen LogP contribution in [0.4, 0.5) is 17.1 Å². The Morgan fingerprint density at radius 1 is 0.871 bits per heavy atom. The van der Waals surface area contributed by atoms with Gasteiger partial charge < -0.3 is 10.2 Å². The first-order valence-corrected chi connectivity index (χ1v) is 11.3. The van der Waals surface area contributed by atoms with Crippen LogP contribution in [-0.4, -0.2) is 26.8 Å². The van der Waals surface area contributed by atoms with Crippen LogP contribution in [-0.2, 0) is 14.8 Å². The van der Waals surface area contributed by atoms with Crippen LogP contribution in [0.2, 0.25) is 0 Å². The maximum absolute atomic E-state index is 12.6. The number of nitrogens with zero attached hydrogens (tertiary/aromatic N) is 1. The van der Waals surface area contributed by atoms with Crippen molar-refractivity contribution in [3.8, 4) is 0 Å². The van der Waals surface area contributed by atoms with Gasteiger partial charge >= 0.3 is 0 Å². The summed E-state index contributed by atoms with van der Waals surface area (Å²) in [5.41, 5.74) is 2.07. The minimum atomic E-state index is -3.70. The molecule has 0 bridgehead atoms. The number of rotatable bonds is 6. The summed E-state index contributed by atoms with van der Waals surface area (Å²) in [6, 6.07) is 21.4. The third-order valence-electron chi connectivity index (χ3n) is 4.94. The van der Waals surface area contributed by atoms with Gasteiger partial charge in [-0.05, 0) is 61.0 Å². The van der Waals surface area contributed by atoms with Gasteiger partial charge in [0.15, 0.2) is 0 Å². The lowest BCUT2D eigenvalue weighted by Gasteiger charge is -2.16. The maximum Gasteiger partial charge on any atom is 0.261 e. The van der Waals surface area contributed by atoms with E-state index in [-0.39, 0.29) is 16.7 Å². The van der Waals surface area contributed by atoms with Crippen LogP contribution in [0, 0.1) is 0 Å². The highest BCUT2D eigenvalue weighted by Gasteiger charge is 2.22. The van der Waals surface area contributed by atoms with E-state index in [0.717, 1.165) is 12.1 Å². The van der Waals surface area contributed by atoms with Crippen molar-refractivity contribution in [1.82, 2.24) is 0 Å². The van der Waals surface area contributed by atoms with E-state index in [9.17, 15) is 18.0 Å². The number of nitrogens with one attached hydrogen (secondary N) is 2. The van der Waals surface area contributed by atoms with Crippen molar-refractivity contribution < 1.29 is 18.0 Å². The van der Waals surface area contributed by atoms with E-state index in [1.807, 2.05) is 6.07 Å². The lowest BCUT2D eigenvalue weighted by atomic mass is 10.2. The summed E-state index contributed by atoms with van der Waals surface area (Å²) in [7, 11) is -3.70. The molecule has 7 nitrogen and oxygen atoms in total. The Kier molecular flexibility index (Phi) is 5.73. The minimum absolute atomic E-state index is 0.0806. The number of hydrogen-bond donors (Lipinski definition) is 2. The molecule has 0 unspecified atom stereocenters. The van der Waals surface area contributed by atoms with Gasteiger partial charge in [0.25, 0.3) is 15.9 Å². The third-order valence-corrected chi connectivity index (χ3v) is 6.34. The molecule has 2 amide bonds. The summed E-state index contributed by atoms with van der Waals surface area (Å²) in [4.78, 5) is 26.4. The first-order chi connectivity index (χ1) is 14.9. The highest BCUT2D eigenvalue weighted by molar-refractivity contribution is 7.92. The smallest absolute Gasteiger partial charge is 0.261 e. The molecule has 0 atom stereocenters. The minimum Gasteiger partial charge on any atom is -0.322 e. The fraction of sp³-hybridized carbons (Fsp3) is 0.130. The Morgan fingerprint density at radius 2 is 1.61 bits per heavy atom. The summed E-state index contributed by atoms with van der Waals surface area (Å²) < 4.78 is 27.3. The summed E-state index contributed by atoms with van der Waals surface area (Å²) in [5, 5.41) is 2.81. The van der Waals surface area contributed by atoms with Gasteiger partial charge in [0.2, 0.25) is 5.91 Å². The second-order valence-electron chi connectivity index (χ2n) is 7.15. The Balaban J connectivity index is 1.44. The van der Waals surface area contributed by atoms with Crippen molar-refractivity contribution in [2.45, 2.75) is 17.7 Å². The van der Waals surface area contributed by atoms with Crippen LogP contribution in [0.15, 0.2) is 83.8 Å². The Bertz CT molecular complexity index is 1210. The standard InChI is InChI=1S/C23H21N3O4S/c27-22-10-5-15-26(22)20-7-4-6-19(16-20)24-23(28)17-11-13-18(14-12-17)25-31(29,30)21-8-2-1-3-9-21/h1-4,6-9,11-14,16,25H,5,10,15H2,(H,24,28). The largest absolute Gasteiger partial charge is 0.322 e.